The summed E-state index contributed by atoms with van der Waals surface area (Å²) < 4.78 is 31.7. The number of anilines is 1. The minimum atomic E-state index is -3.63. The molecule has 0 radical (unpaired) electrons. The van der Waals surface area contributed by atoms with Crippen molar-refractivity contribution in [1.82, 2.24) is 0 Å². The molecule has 4 rings (SSSR count). The van der Waals surface area contributed by atoms with E-state index in [2.05, 4.69) is 6.07 Å². The van der Waals surface area contributed by atoms with Crippen LogP contribution in [0.3, 0.4) is 0 Å². The molecule has 0 spiro atoms. The summed E-state index contributed by atoms with van der Waals surface area (Å²) in [6.45, 7) is -0.0116. The zero-order valence-corrected chi connectivity index (χ0v) is 16.9. The molecule has 0 amide bonds. The van der Waals surface area contributed by atoms with Crippen molar-refractivity contribution in [1.29, 1.82) is 0 Å². The third-order valence-electron chi connectivity index (χ3n) is 5.29. The van der Waals surface area contributed by atoms with Crippen molar-refractivity contribution >= 4 is 32.2 Å². The second kappa shape index (κ2) is 7.04. The Bertz CT molecular complexity index is 1230. The first kappa shape index (κ1) is 19.2. The van der Waals surface area contributed by atoms with Gasteiger partial charge in [-0.1, -0.05) is 30.3 Å². The van der Waals surface area contributed by atoms with E-state index in [9.17, 15) is 18.5 Å². The Morgan fingerprint density at radius 3 is 2.48 bits per heavy atom. The average molecular weight is 412 g/mol. The lowest BCUT2D eigenvalue weighted by molar-refractivity contribution is -0.385. The fourth-order valence-corrected chi connectivity index (χ4v) is 4.87. The Labute approximate surface area is 168 Å². The normalized spacial score (nSPS) is 12.9. The second-order valence-corrected chi connectivity index (χ2v) is 9.02. The van der Waals surface area contributed by atoms with E-state index in [1.807, 2.05) is 24.3 Å². The van der Waals surface area contributed by atoms with Crippen LogP contribution < -0.4 is 9.04 Å². The third-order valence-corrected chi connectivity index (χ3v) is 6.42. The van der Waals surface area contributed by atoms with Crippen molar-refractivity contribution in [2.75, 3.05) is 17.7 Å². The zero-order chi connectivity index (χ0) is 20.8. The number of nitro groups is 1. The van der Waals surface area contributed by atoms with Crippen LogP contribution in [0, 0.1) is 10.1 Å². The van der Waals surface area contributed by atoms with Gasteiger partial charge in [0.25, 0.3) is 0 Å². The highest BCUT2D eigenvalue weighted by Crippen LogP contribution is 2.38. The minimum Gasteiger partial charge on any atom is -0.490 e. The summed E-state index contributed by atoms with van der Waals surface area (Å²) in [6, 6.07) is 14.2. The molecule has 0 fully saturated rings. The molecule has 0 bridgehead atoms. The number of hydrogen-bond donors (Lipinski definition) is 0. The number of hydrogen-bond acceptors (Lipinski definition) is 5. The molecule has 0 saturated carbocycles. The van der Waals surface area contributed by atoms with Gasteiger partial charge in [0.1, 0.15) is 0 Å². The van der Waals surface area contributed by atoms with E-state index in [0.29, 0.717) is 11.3 Å². The van der Waals surface area contributed by atoms with Gasteiger partial charge in [-0.15, -0.1) is 0 Å². The first-order valence-corrected chi connectivity index (χ1v) is 11.0. The first-order valence-electron chi connectivity index (χ1n) is 9.12. The average Bonchev–Trinajstić information content (AvgIpc) is 3.11. The van der Waals surface area contributed by atoms with E-state index in [1.54, 1.807) is 6.07 Å². The molecule has 0 N–H and O–H groups in total. The van der Waals surface area contributed by atoms with Crippen molar-refractivity contribution in [3.05, 3.63) is 75.3 Å². The van der Waals surface area contributed by atoms with E-state index in [1.165, 1.54) is 34.7 Å². The SMILES string of the molecule is COc1ccc(CN(c2ccc3c4c(cccc24)CC3)S(C)(=O)=O)cc1[N+](=O)[O-]. The van der Waals surface area contributed by atoms with Crippen molar-refractivity contribution in [2.45, 2.75) is 19.4 Å². The maximum atomic E-state index is 12.7. The van der Waals surface area contributed by atoms with Gasteiger partial charge in [-0.3, -0.25) is 14.4 Å². The van der Waals surface area contributed by atoms with Gasteiger partial charge in [0.05, 0.1) is 30.5 Å². The standard InChI is InChI=1S/C21H20N2O5S/c1-28-20-11-6-14(12-19(20)23(24)25)13-22(29(2,26)27)18-10-9-16-8-7-15-4-3-5-17(18)21(15)16/h3-6,9-12H,7-8,13H2,1-2H3. The molecule has 8 heteroatoms. The molecule has 0 atom stereocenters. The molecule has 0 heterocycles. The second-order valence-electron chi connectivity index (χ2n) is 7.12. The van der Waals surface area contributed by atoms with Gasteiger partial charge in [0.15, 0.2) is 5.75 Å². The van der Waals surface area contributed by atoms with Gasteiger partial charge >= 0.3 is 5.69 Å². The lowest BCUT2D eigenvalue weighted by Gasteiger charge is -2.24. The molecule has 150 valence electrons. The van der Waals surface area contributed by atoms with Gasteiger partial charge < -0.3 is 4.74 Å². The van der Waals surface area contributed by atoms with Gasteiger partial charge in [-0.2, -0.15) is 0 Å². The highest BCUT2D eigenvalue weighted by molar-refractivity contribution is 7.92. The van der Waals surface area contributed by atoms with Crippen LogP contribution in [0.5, 0.6) is 5.75 Å². The van der Waals surface area contributed by atoms with E-state index in [0.717, 1.165) is 29.9 Å². The summed E-state index contributed by atoms with van der Waals surface area (Å²) in [5.74, 6) is 0.134. The van der Waals surface area contributed by atoms with Crippen molar-refractivity contribution < 1.29 is 18.1 Å². The molecule has 1 aliphatic carbocycles. The van der Waals surface area contributed by atoms with Crippen molar-refractivity contribution in [2.24, 2.45) is 0 Å². The van der Waals surface area contributed by atoms with Crippen molar-refractivity contribution in [3.63, 3.8) is 0 Å². The Morgan fingerprint density at radius 2 is 1.83 bits per heavy atom. The molecule has 29 heavy (non-hydrogen) atoms. The number of sulfonamides is 1. The molecule has 3 aromatic carbocycles. The highest BCUT2D eigenvalue weighted by Gasteiger charge is 2.25. The van der Waals surface area contributed by atoms with Gasteiger partial charge in [0, 0.05) is 11.5 Å². The van der Waals surface area contributed by atoms with E-state index < -0.39 is 14.9 Å². The van der Waals surface area contributed by atoms with Crippen molar-refractivity contribution in [3.8, 4) is 5.75 Å². The van der Waals surface area contributed by atoms with Crippen LogP contribution in [0.15, 0.2) is 48.5 Å². The number of ether oxygens (including phenoxy) is 1. The molecular formula is C21H20N2O5S. The molecular weight excluding hydrogens is 392 g/mol. The van der Waals surface area contributed by atoms with E-state index in [-0.39, 0.29) is 18.0 Å². The maximum absolute atomic E-state index is 12.7. The van der Waals surface area contributed by atoms with Crippen LogP contribution in [-0.2, 0) is 29.4 Å². The number of nitro benzene ring substituents is 1. The lowest BCUT2D eigenvalue weighted by atomic mass is 10.0. The third kappa shape index (κ3) is 3.40. The smallest absolute Gasteiger partial charge is 0.311 e. The molecule has 0 unspecified atom stereocenters. The van der Waals surface area contributed by atoms with E-state index in [4.69, 9.17) is 4.74 Å². The lowest BCUT2D eigenvalue weighted by Crippen LogP contribution is -2.29. The predicted octanol–water partition coefficient (Wildman–Crippen LogP) is 3.82. The molecule has 3 aromatic rings. The molecule has 0 aromatic heterocycles. The first-order chi connectivity index (χ1) is 13.8. The summed E-state index contributed by atoms with van der Waals surface area (Å²) >= 11 is 0. The fraction of sp³-hybridized carbons (Fsp3) is 0.238. The summed E-state index contributed by atoms with van der Waals surface area (Å²) in [5.41, 5.74) is 3.32. The number of rotatable bonds is 6. The molecule has 0 aliphatic heterocycles. The zero-order valence-electron chi connectivity index (χ0n) is 16.1. The summed E-state index contributed by atoms with van der Waals surface area (Å²) in [7, 11) is -2.27. The van der Waals surface area contributed by atoms with Gasteiger partial charge in [-0.05, 0) is 47.1 Å². The van der Waals surface area contributed by atoms with Crippen LogP contribution in [0.4, 0.5) is 11.4 Å². The van der Waals surface area contributed by atoms with E-state index >= 15 is 0 Å². The maximum Gasteiger partial charge on any atom is 0.311 e. The van der Waals surface area contributed by atoms with Crippen LogP contribution in [0.25, 0.3) is 10.8 Å². The summed E-state index contributed by atoms with van der Waals surface area (Å²) in [4.78, 5) is 10.8. The van der Waals surface area contributed by atoms with Crippen LogP contribution in [0.2, 0.25) is 0 Å². The predicted molar refractivity (Wildman–Crippen MR) is 112 cm³/mol. The van der Waals surface area contributed by atoms with Gasteiger partial charge in [-0.25, -0.2) is 8.42 Å². The Balaban J connectivity index is 1.84. The summed E-state index contributed by atoms with van der Waals surface area (Å²) in [5, 5.41) is 13.3. The highest BCUT2D eigenvalue weighted by atomic mass is 32.2. The van der Waals surface area contributed by atoms with Gasteiger partial charge in [0.2, 0.25) is 10.0 Å². The topological polar surface area (TPSA) is 89.8 Å². The largest absolute Gasteiger partial charge is 0.490 e. The Morgan fingerprint density at radius 1 is 1.10 bits per heavy atom. The monoisotopic (exact) mass is 412 g/mol. The number of methoxy groups -OCH3 is 1. The number of benzene rings is 3. The van der Waals surface area contributed by atoms with Crippen LogP contribution >= 0.6 is 0 Å². The quantitative estimate of drug-likeness (QED) is 0.453. The molecule has 7 nitrogen and oxygen atoms in total. The van der Waals surface area contributed by atoms with Crippen LogP contribution in [0.1, 0.15) is 16.7 Å². The number of nitrogens with zero attached hydrogens (tertiary/aromatic N) is 2. The molecule has 1 aliphatic rings. The Hall–Kier alpha value is -3.13. The Kier molecular flexibility index (Phi) is 4.66. The number of aryl methyl sites for hydroxylation is 2. The molecule has 0 saturated heterocycles. The fourth-order valence-electron chi connectivity index (χ4n) is 3.97. The van der Waals surface area contributed by atoms with Crippen LogP contribution in [-0.4, -0.2) is 26.7 Å². The minimum absolute atomic E-state index is 0.0116. The summed E-state index contributed by atoms with van der Waals surface area (Å²) in [6.07, 6.45) is 3.04.